The van der Waals surface area contributed by atoms with Gasteiger partial charge in [-0.3, -0.25) is 4.98 Å². The minimum absolute atomic E-state index is 0.708. The molecule has 110 valence electrons. The van der Waals surface area contributed by atoms with E-state index in [1.54, 1.807) is 6.20 Å². The predicted octanol–water partition coefficient (Wildman–Crippen LogP) is 4.55. The molecule has 2 aromatic heterocycles. The van der Waals surface area contributed by atoms with Gasteiger partial charge in [0.2, 0.25) is 0 Å². The minimum atomic E-state index is 0.708. The molecular weight excluding hydrogens is 282 g/mol. The predicted molar refractivity (Wildman–Crippen MR) is 94.8 cm³/mol. The summed E-state index contributed by atoms with van der Waals surface area (Å²) in [6.07, 6.45) is 3.60. The molecule has 0 atom stereocenters. The zero-order valence-electron chi connectivity index (χ0n) is 12.5. The summed E-state index contributed by atoms with van der Waals surface area (Å²) in [6, 6.07) is 22.1. The molecule has 3 heteroatoms. The highest BCUT2D eigenvalue weighted by molar-refractivity contribution is 6.05. The summed E-state index contributed by atoms with van der Waals surface area (Å²) in [7, 11) is 0. The summed E-state index contributed by atoms with van der Waals surface area (Å²) in [6.45, 7) is 0. The van der Waals surface area contributed by atoms with Gasteiger partial charge in [-0.2, -0.15) is 0 Å². The standard InChI is InChI=1S/C20H15N3/c21-18-16-10-4-5-11-17(16)19(15-9-6-12-22-13-15)23-20(18)14-7-2-1-3-8-14/h1-13H,21H2. The van der Waals surface area contributed by atoms with Crippen molar-refractivity contribution in [2.45, 2.75) is 0 Å². The number of nitrogen functional groups attached to an aromatic ring is 1. The van der Waals surface area contributed by atoms with Crippen LogP contribution in [0, 0.1) is 0 Å². The Morgan fingerprint density at radius 1 is 0.652 bits per heavy atom. The second-order valence-electron chi connectivity index (χ2n) is 5.38. The Hall–Kier alpha value is -3.20. The fourth-order valence-corrected chi connectivity index (χ4v) is 2.82. The average molecular weight is 297 g/mol. The number of fused-ring (bicyclic) bond motifs is 1. The Labute approximate surface area is 134 Å². The smallest absolute Gasteiger partial charge is 0.0945 e. The minimum Gasteiger partial charge on any atom is -0.396 e. The molecule has 0 saturated heterocycles. The fraction of sp³-hybridized carbons (Fsp3) is 0. The van der Waals surface area contributed by atoms with Crippen LogP contribution in [0.1, 0.15) is 0 Å². The van der Waals surface area contributed by atoms with Gasteiger partial charge in [0.1, 0.15) is 0 Å². The fourth-order valence-electron chi connectivity index (χ4n) is 2.82. The molecule has 2 aromatic carbocycles. The zero-order valence-corrected chi connectivity index (χ0v) is 12.5. The van der Waals surface area contributed by atoms with Crippen LogP contribution in [0.25, 0.3) is 33.3 Å². The topological polar surface area (TPSA) is 51.8 Å². The lowest BCUT2D eigenvalue weighted by molar-refractivity contribution is 1.29. The quantitative estimate of drug-likeness (QED) is 0.590. The number of benzene rings is 2. The molecule has 0 bridgehead atoms. The van der Waals surface area contributed by atoms with Crippen LogP contribution in [0.3, 0.4) is 0 Å². The molecule has 0 unspecified atom stereocenters. The Morgan fingerprint density at radius 3 is 2.09 bits per heavy atom. The summed E-state index contributed by atoms with van der Waals surface area (Å²) < 4.78 is 0. The van der Waals surface area contributed by atoms with Gasteiger partial charge in [-0.05, 0) is 12.1 Å². The third-order valence-corrected chi connectivity index (χ3v) is 3.93. The van der Waals surface area contributed by atoms with Crippen molar-refractivity contribution in [2.24, 2.45) is 0 Å². The lowest BCUT2D eigenvalue weighted by Gasteiger charge is -2.13. The summed E-state index contributed by atoms with van der Waals surface area (Å²) >= 11 is 0. The molecule has 0 spiro atoms. The number of hydrogen-bond acceptors (Lipinski definition) is 3. The van der Waals surface area contributed by atoms with Gasteiger partial charge < -0.3 is 5.73 Å². The molecule has 2 heterocycles. The van der Waals surface area contributed by atoms with Gasteiger partial charge >= 0.3 is 0 Å². The van der Waals surface area contributed by atoms with E-state index in [2.05, 4.69) is 11.1 Å². The normalized spacial score (nSPS) is 10.8. The van der Waals surface area contributed by atoms with E-state index in [0.29, 0.717) is 5.69 Å². The second-order valence-corrected chi connectivity index (χ2v) is 5.38. The Bertz CT molecular complexity index is 964. The number of nitrogens with two attached hydrogens (primary N) is 1. The van der Waals surface area contributed by atoms with Crippen LogP contribution in [0.4, 0.5) is 5.69 Å². The number of pyridine rings is 2. The zero-order chi connectivity index (χ0) is 15.6. The van der Waals surface area contributed by atoms with E-state index in [0.717, 1.165) is 33.3 Å². The van der Waals surface area contributed by atoms with Gasteiger partial charge in [0, 0.05) is 34.3 Å². The van der Waals surface area contributed by atoms with Gasteiger partial charge in [-0.1, -0.05) is 54.6 Å². The van der Waals surface area contributed by atoms with Gasteiger partial charge in [0.15, 0.2) is 0 Å². The lowest BCUT2D eigenvalue weighted by atomic mass is 10.00. The molecule has 23 heavy (non-hydrogen) atoms. The second kappa shape index (κ2) is 5.54. The molecule has 0 aliphatic heterocycles. The molecule has 0 amide bonds. The number of rotatable bonds is 2. The van der Waals surface area contributed by atoms with Crippen molar-refractivity contribution in [1.29, 1.82) is 0 Å². The van der Waals surface area contributed by atoms with Crippen molar-refractivity contribution in [3.63, 3.8) is 0 Å². The number of hydrogen-bond donors (Lipinski definition) is 1. The maximum absolute atomic E-state index is 6.42. The maximum Gasteiger partial charge on any atom is 0.0945 e. The molecule has 0 aliphatic rings. The molecule has 3 nitrogen and oxygen atoms in total. The van der Waals surface area contributed by atoms with Crippen LogP contribution in [-0.2, 0) is 0 Å². The molecule has 0 saturated carbocycles. The molecular formula is C20H15N3. The monoisotopic (exact) mass is 297 g/mol. The first-order chi connectivity index (χ1) is 11.3. The van der Waals surface area contributed by atoms with Crippen molar-refractivity contribution in [3.8, 4) is 22.5 Å². The summed E-state index contributed by atoms with van der Waals surface area (Å²) in [5.74, 6) is 0. The third-order valence-electron chi connectivity index (χ3n) is 3.93. The van der Waals surface area contributed by atoms with Crippen LogP contribution in [0.2, 0.25) is 0 Å². The van der Waals surface area contributed by atoms with Crippen LogP contribution in [0.15, 0.2) is 79.1 Å². The van der Waals surface area contributed by atoms with Crippen LogP contribution in [0.5, 0.6) is 0 Å². The van der Waals surface area contributed by atoms with E-state index in [4.69, 9.17) is 10.7 Å². The Balaban J connectivity index is 2.08. The van der Waals surface area contributed by atoms with Gasteiger partial charge in [-0.15, -0.1) is 0 Å². The van der Waals surface area contributed by atoms with E-state index in [-0.39, 0.29) is 0 Å². The van der Waals surface area contributed by atoms with Crippen molar-refractivity contribution in [2.75, 3.05) is 5.73 Å². The molecule has 4 aromatic rings. The molecule has 4 rings (SSSR count). The van der Waals surface area contributed by atoms with Crippen molar-refractivity contribution in [1.82, 2.24) is 9.97 Å². The van der Waals surface area contributed by atoms with Crippen LogP contribution in [-0.4, -0.2) is 9.97 Å². The van der Waals surface area contributed by atoms with Gasteiger partial charge in [0.05, 0.1) is 17.1 Å². The molecule has 2 N–H and O–H groups in total. The van der Waals surface area contributed by atoms with Crippen molar-refractivity contribution in [3.05, 3.63) is 79.1 Å². The first kappa shape index (κ1) is 13.5. The third kappa shape index (κ3) is 2.32. The first-order valence-electron chi connectivity index (χ1n) is 7.48. The van der Waals surface area contributed by atoms with E-state index in [9.17, 15) is 0 Å². The van der Waals surface area contributed by atoms with Gasteiger partial charge in [-0.25, -0.2) is 4.98 Å². The van der Waals surface area contributed by atoms with E-state index >= 15 is 0 Å². The highest BCUT2D eigenvalue weighted by Crippen LogP contribution is 2.36. The van der Waals surface area contributed by atoms with Gasteiger partial charge in [0.25, 0.3) is 0 Å². The SMILES string of the molecule is Nc1c(-c2ccccc2)nc(-c2cccnc2)c2ccccc12. The Kier molecular flexibility index (Phi) is 3.24. The molecule has 0 aliphatic carbocycles. The summed E-state index contributed by atoms with van der Waals surface area (Å²) in [5.41, 5.74) is 10.8. The van der Waals surface area contributed by atoms with E-state index in [1.807, 2.05) is 66.9 Å². The van der Waals surface area contributed by atoms with Crippen molar-refractivity contribution < 1.29 is 0 Å². The van der Waals surface area contributed by atoms with Crippen LogP contribution >= 0.6 is 0 Å². The highest BCUT2D eigenvalue weighted by Gasteiger charge is 2.14. The first-order valence-corrected chi connectivity index (χ1v) is 7.48. The number of nitrogens with zero attached hydrogens (tertiary/aromatic N) is 2. The van der Waals surface area contributed by atoms with E-state index < -0.39 is 0 Å². The Morgan fingerprint density at radius 2 is 1.35 bits per heavy atom. The molecule has 0 fully saturated rings. The average Bonchev–Trinajstić information content (AvgIpc) is 2.64. The van der Waals surface area contributed by atoms with Crippen molar-refractivity contribution >= 4 is 16.5 Å². The summed E-state index contributed by atoms with van der Waals surface area (Å²) in [4.78, 5) is 9.10. The summed E-state index contributed by atoms with van der Waals surface area (Å²) in [5, 5.41) is 2.05. The largest absolute Gasteiger partial charge is 0.396 e. The van der Waals surface area contributed by atoms with Crippen LogP contribution < -0.4 is 5.73 Å². The lowest BCUT2D eigenvalue weighted by Crippen LogP contribution is -1.98. The number of anilines is 1. The number of aromatic nitrogens is 2. The molecule has 0 radical (unpaired) electrons. The van der Waals surface area contributed by atoms with E-state index in [1.165, 1.54) is 0 Å². The highest BCUT2D eigenvalue weighted by atomic mass is 14.8. The maximum atomic E-state index is 6.42.